The summed E-state index contributed by atoms with van der Waals surface area (Å²) in [6.45, 7) is 1.62. The first-order valence-electron chi connectivity index (χ1n) is 13.1. The van der Waals surface area contributed by atoms with Gasteiger partial charge in [-0.3, -0.25) is 14.9 Å². The van der Waals surface area contributed by atoms with Crippen LogP contribution < -0.4 is 21.1 Å². The fraction of sp³-hybridized carbons (Fsp3) is 0.429. The molecule has 0 bridgehead atoms. The van der Waals surface area contributed by atoms with Crippen LogP contribution in [-0.2, 0) is 11.8 Å². The zero-order valence-electron chi connectivity index (χ0n) is 21.3. The van der Waals surface area contributed by atoms with Crippen molar-refractivity contribution >= 4 is 22.8 Å². The first-order valence-corrected chi connectivity index (χ1v) is 13.1. The molecule has 4 heterocycles. The van der Waals surface area contributed by atoms with E-state index in [2.05, 4.69) is 55.4 Å². The molecule has 2 fully saturated rings. The van der Waals surface area contributed by atoms with E-state index < -0.39 is 0 Å². The van der Waals surface area contributed by atoms with Gasteiger partial charge in [-0.05, 0) is 66.3 Å². The van der Waals surface area contributed by atoms with Crippen LogP contribution in [0.5, 0.6) is 0 Å². The molecule has 3 aliphatic rings. The number of fused-ring (bicyclic) bond motifs is 2. The SMILES string of the molecule is CN(C)c1cc(C2(c3n[nH]c4nc(N5CCC6(CC5)Cc5ccccc5[C@H]6N)[nH]c(=O)c34)CC2)ccn1. The number of nitrogens with zero attached hydrogens (tertiary/aromatic N) is 5. The van der Waals surface area contributed by atoms with E-state index in [1.165, 1.54) is 11.1 Å². The van der Waals surface area contributed by atoms with E-state index >= 15 is 0 Å². The van der Waals surface area contributed by atoms with Crippen LogP contribution >= 0.6 is 0 Å². The van der Waals surface area contributed by atoms with Gasteiger partial charge in [-0.15, -0.1) is 0 Å². The number of aromatic nitrogens is 5. The second-order valence-corrected chi connectivity index (χ2v) is 11.3. The molecule has 4 aromatic rings. The minimum Gasteiger partial charge on any atom is -0.363 e. The van der Waals surface area contributed by atoms with E-state index in [9.17, 15) is 4.79 Å². The summed E-state index contributed by atoms with van der Waals surface area (Å²) in [6.07, 6.45) is 6.69. The van der Waals surface area contributed by atoms with Crippen molar-refractivity contribution in [2.45, 2.75) is 43.6 Å². The lowest BCUT2D eigenvalue weighted by Crippen LogP contribution is -2.45. The Morgan fingerprint density at radius 2 is 1.89 bits per heavy atom. The molecule has 0 unspecified atom stereocenters. The number of pyridine rings is 1. The number of nitrogens with two attached hydrogens (primary N) is 1. The molecule has 2 aliphatic carbocycles. The summed E-state index contributed by atoms with van der Waals surface area (Å²) in [6, 6.07) is 12.8. The third-order valence-electron chi connectivity index (χ3n) is 9.03. The molecular formula is C28H32N8O. The van der Waals surface area contributed by atoms with Gasteiger partial charge in [-0.2, -0.15) is 10.1 Å². The lowest BCUT2D eigenvalue weighted by Gasteiger charge is -2.42. The number of piperidine rings is 1. The predicted octanol–water partition coefficient (Wildman–Crippen LogP) is 3.03. The summed E-state index contributed by atoms with van der Waals surface area (Å²) in [4.78, 5) is 30.0. The molecule has 4 N–H and O–H groups in total. The summed E-state index contributed by atoms with van der Waals surface area (Å²) in [5.74, 6) is 1.50. The van der Waals surface area contributed by atoms with Crippen LogP contribution in [-0.4, -0.2) is 52.3 Å². The molecule has 190 valence electrons. The number of anilines is 2. The fourth-order valence-corrected chi connectivity index (χ4v) is 6.64. The Kier molecular flexibility index (Phi) is 4.79. The van der Waals surface area contributed by atoms with Gasteiger partial charge >= 0.3 is 0 Å². The molecule has 7 rings (SSSR count). The van der Waals surface area contributed by atoms with Crippen molar-refractivity contribution in [1.29, 1.82) is 0 Å². The summed E-state index contributed by atoms with van der Waals surface area (Å²) >= 11 is 0. The highest BCUT2D eigenvalue weighted by molar-refractivity contribution is 5.80. The average Bonchev–Trinajstić information content (AvgIpc) is 3.53. The maximum Gasteiger partial charge on any atom is 0.263 e. The van der Waals surface area contributed by atoms with Crippen LogP contribution in [0.3, 0.4) is 0 Å². The van der Waals surface area contributed by atoms with E-state index in [4.69, 9.17) is 10.7 Å². The Morgan fingerprint density at radius 3 is 2.62 bits per heavy atom. The number of rotatable bonds is 4. The highest BCUT2D eigenvalue weighted by Crippen LogP contribution is 2.54. The van der Waals surface area contributed by atoms with Crippen molar-refractivity contribution in [1.82, 2.24) is 25.1 Å². The average molecular weight is 497 g/mol. The van der Waals surface area contributed by atoms with Gasteiger partial charge in [0.15, 0.2) is 5.65 Å². The number of hydrogen-bond donors (Lipinski definition) is 3. The van der Waals surface area contributed by atoms with Crippen molar-refractivity contribution in [2.24, 2.45) is 11.1 Å². The molecule has 0 amide bonds. The van der Waals surface area contributed by atoms with Gasteiger partial charge in [0.2, 0.25) is 5.95 Å². The second-order valence-electron chi connectivity index (χ2n) is 11.3. The number of nitrogens with one attached hydrogen (secondary N) is 2. The van der Waals surface area contributed by atoms with Crippen molar-refractivity contribution in [2.75, 3.05) is 37.0 Å². The van der Waals surface area contributed by atoms with E-state index in [-0.39, 0.29) is 22.4 Å². The van der Waals surface area contributed by atoms with Crippen LogP contribution in [0, 0.1) is 5.41 Å². The highest BCUT2D eigenvalue weighted by atomic mass is 16.1. The van der Waals surface area contributed by atoms with Crippen LogP contribution in [0.25, 0.3) is 11.0 Å². The van der Waals surface area contributed by atoms with Crippen molar-refractivity contribution in [3.8, 4) is 0 Å². The molecule has 9 heteroatoms. The van der Waals surface area contributed by atoms with Crippen LogP contribution in [0.4, 0.5) is 11.8 Å². The van der Waals surface area contributed by atoms with Crippen LogP contribution in [0.1, 0.15) is 54.1 Å². The molecule has 0 radical (unpaired) electrons. The van der Waals surface area contributed by atoms with E-state index in [0.717, 1.165) is 62.3 Å². The number of H-pyrrole nitrogens is 2. The molecule has 9 nitrogen and oxygen atoms in total. The molecule has 3 aromatic heterocycles. The smallest absolute Gasteiger partial charge is 0.263 e. The van der Waals surface area contributed by atoms with Crippen LogP contribution in [0.15, 0.2) is 47.4 Å². The lowest BCUT2D eigenvalue weighted by molar-refractivity contribution is 0.187. The van der Waals surface area contributed by atoms with Gasteiger partial charge in [-0.1, -0.05) is 24.3 Å². The Balaban J connectivity index is 1.17. The molecule has 1 atom stereocenters. The minimum atomic E-state index is -0.271. The molecular weight excluding hydrogens is 464 g/mol. The maximum absolute atomic E-state index is 13.4. The third-order valence-corrected chi connectivity index (χ3v) is 9.03. The number of benzene rings is 1. The second kappa shape index (κ2) is 7.89. The van der Waals surface area contributed by atoms with Gasteiger partial charge in [0.25, 0.3) is 5.56 Å². The molecule has 1 aromatic carbocycles. The summed E-state index contributed by atoms with van der Waals surface area (Å²) in [5.41, 5.74) is 11.6. The van der Waals surface area contributed by atoms with Gasteiger partial charge in [-0.25, -0.2) is 4.98 Å². The summed E-state index contributed by atoms with van der Waals surface area (Å²) < 4.78 is 0. The van der Waals surface area contributed by atoms with Gasteiger partial charge in [0.05, 0.1) is 5.69 Å². The monoisotopic (exact) mass is 496 g/mol. The van der Waals surface area contributed by atoms with Gasteiger partial charge in [0, 0.05) is 44.8 Å². The molecule has 1 saturated carbocycles. The van der Waals surface area contributed by atoms with Crippen molar-refractivity contribution in [3.05, 3.63) is 75.3 Å². The predicted molar refractivity (Wildman–Crippen MR) is 144 cm³/mol. The number of hydrogen-bond acceptors (Lipinski definition) is 7. The third kappa shape index (κ3) is 3.33. The van der Waals surface area contributed by atoms with E-state index in [0.29, 0.717) is 17.0 Å². The van der Waals surface area contributed by atoms with Crippen LogP contribution in [0.2, 0.25) is 0 Å². The Bertz CT molecular complexity index is 1560. The molecule has 1 saturated heterocycles. The quantitative estimate of drug-likeness (QED) is 0.397. The first kappa shape index (κ1) is 22.5. The van der Waals surface area contributed by atoms with Crippen molar-refractivity contribution < 1.29 is 0 Å². The Morgan fingerprint density at radius 1 is 1.11 bits per heavy atom. The summed E-state index contributed by atoms with van der Waals surface area (Å²) in [5, 5.41) is 8.28. The first-order chi connectivity index (χ1) is 17.9. The normalized spacial score (nSPS) is 21.4. The molecule has 37 heavy (non-hydrogen) atoms. The Labute approximate surface area is 215 Å². The van der Waals surface area contributed by atoms with Crippen molar-refractivity contribution in [3.63, 3.8) is 0 Å². The number of aromatic amines is 2. The maximum atomic E-state index is 13.4. The Hall–Kier alpha value is -3.72. The fourth-order valence-electron chi connectivity index (χ4n) is 6.64. The van der Waals surface area contributed by atoms with E-state index in [1.807, 2.05) is 31.3 Å². The highest BCUT2D eigenvalue weighted by Gasteiger charge is 2.50. The molecule has 1 spiro atoms. The minimum absolute atomic E-state index is 0.0615. The molecule has 1 aliphatic heterocycles. The topological polar surface area (TPSA) is 120 Å². The summed E-state index contributed by atoms with van der Waals surface area (Å²) in [7, 11) is 3.96. The van der Waals surface area contributed by atoms with Gasteiger partial charge < -0.3 is 15.5 Å². The zero-order valence-corrected chi connectivity index (χ0v) is 21.3. The zero-order chi connectivity index (χ0) is 25.4. The van der Waals surface area contributed by atoms with Gasteiger partial charge in [0.1, 0.15) is 11.2 Å². The standard InChI is InChI=1S/C28H32N8O/c1-35(2)20-15-18(7-12-30-20)28(8-9-28)23-21-24(34-33-23)31-26(32-25(21)37)36-13-10-27(11-14-36)16-17-5-3-4-6-19(17)22(27)29/h3-7,12,15,22H,8-11,13-14,16,29H2,1-2H3,(H2,31,32,33,34,37)/t22-/m1/s1. The largest absolute Gasteiger partial charge is 0.363 e. The van der Waals surface area contributed by atoms with E-state index in [1.54, 1.807) is 0 Å². The lowest BCUT2D eigenvalue weighted by atomic mass is 9.73.